The maximum atomic E-state index is 12.7. The van der Waals surface area contributed by atoms with Gasteiger partial charge in [0.1, 0.15) is 0 Å². The Balaban J connectivity index is 2.25. The van der Waals surface area contributed by atoms with Crippen molar-refractivity contribution in [2.24, 2.45) is 0 Å². The van der Waals surface area contributed by atoms with Crippen molar-refractivity contribution in [2.75, 3.05) is 12.9 Å². The molecule has 0 N–H and O–H groups in total. The molecule has 0 unspecified atom stereocenters. The number of thioether (sulfide) groups is 1. The van der Waals surface area contributed by atoms with Gasteiger partial charge in [-0.3, -0.25) is 18.6 Å². The predicted octanol–water partition coefficient (Wildman–Crippen LogP) is 1.72. The summed E-state index contributed by atoms with van der Waals surface area (Å²) < 4.78 is 8.10. The van der Waals surface area contributed by atoms with Crippen LogP contribution in [0.4, 0.5) is 0 Å². The number of hydrogen-bond donors (Lipinski definition) is 0. The highest BCUT2D eigenvalue weighted by Crippen LogP contribution is 2.21. The summed E-state index contributed by atoms with van der Waals surface area (Å²) in [6.07, 6.45) is 0.811. The summed E-state index contributed by atoms with van der Waals surface area (Å²) in [4.78, 5) is 24.0. The standard InChI is InChI=1S/C15H16N4O3S/c1-3-8-18-13(21)10-6-4-5-7-11(10)19-14(18)16-17-15(19)23-9-12(20)22-2/h4-7H,3,8-9H2,1-2H3. The topological polar surface area (TPSA) is 78.5 Å². The number of hydrogen-bond acceptors (Lipinski definition) is 6. The minimum Gasteiger partial charge on any atom is -0.468 e. The molecule has 0 saturated heterocycles. The molecule has 0 atom stereocenters. The Morgan fingerprint density at radius 1 is 1.30 bits per heavy atom. The lowest BCUT2D eigenvalue weighted by Crippen LogP contribution is -2.23. The van der Waals surface area contributed by atoms with Crippen molar-refractivity contribution in [3.8, 4) is 0 Å². The average Bonchev–Trinajstić information content (AvgIpc) is 3.00. The van der Waals surface area contributed by atoms with E-state index in [2.05, 4.69) is 14.9 Å². The fourth-order valence-electron chi connectivity index (χ4n) is 2.43. The molecule has 0 saturated carbocycles. The fourth-order valence-corrected chi connectivity index (χ4v) is 3.21. The number of carbonyl (C=O) groups is 1. The molecule has 3 aromatic rings. The molecule has 0 bridgehead atoms. The van der Waals surface area contributed by atoms with Gasteiger partial charge in [-0.1, -0.05) is 30.8 Å². The van der Waals surface area contributed by atoms with Crippen molar-refractivity contribution in [3.05, 3.63) is 34.6 Å². The van der Waals surface area contributed by atoms with E-state index in [9.17, 15) is 9.59 Å². The van der Waals surface area contributed by atoms with E-state index in [0.717, 1.165) is 11.9 Å². The molecule has 1 aromatic carbocycles. The third-order valence-corrected chi connectivity index (χ3v) is 4.37. The van der Waals surface area contributed by atoms with Gasteiger partial charge in [0.05, 0.1) is 23.8 Å². The SMILES string of the molecule is CCCn1c(=O)c2ccccc2n2c(SCC(=O)OC)nnc12. The number of methoxy groups -OCH3 is 1. The number of esters is 1. The normalized spacial score (nSPS) is 11.2. The summed E-state index contributed by atoms with van der Waals surface area (Å²) in [5, 5.41) is 9.47. The zero-order valence-electron chi connectivity index (χ0n) is 12.9. The first-order valence-electron chi connectivity index (χ1n) is 7.23. The maximum absolute atomic E-state index is 12.7. The maximum Gasteiger partial charge on any atom is 0.316 e. The van der Waals surface area contributed by atoms with Crippen LogP contribution in [0.1, 0.15) is 13.3 Å². The van der Waals surface area contributed by atoms with E-state index in [0.29, 0.717) is 22.9 Å². The Hall–Kier alpha value is -2.35. The predicted molar refractivity (Wildman–Crippen MR) is 87.8 cm³/mol. The first-order valence-corrected chi connectivity index (χ1v) is 8.22. The van der Waals surface area contributed by atoms with Crippen LogP contribution in [0.15, 0.2) is 34.2 Å². The lowest BCUT2D eigenvalue weighted by atomic mass is 10.2. The number of para-hydroxylation sites is 1. The molecule has 2 heterocycles. The second-order valence-corrected chi connectivity index (χ2v) is 5.90. The Morgan fingerprint density at radius 2 is 2.09 bits per heavy atom. The van der Waals surface area contributed by atoms with Gasteiger partial charge in [0.25, 0.3) is 5.56 Å². The van der Waals surface area contributed by atoms with Crippen LogP contribution in [0.25, 0.3) is 16.7 Å². The molecule has 7 nitrogen and oxygen atoms in total. The van der Waals surface area contributed by atoms with Crippen molar-refractivity contribution in [3.63, 3.8) is 0 Å². The Labute approximate surface area is 136 Å². The van der Waals surface area contributed by atoms with Crippen LogP contribution in [0, 0.1) is 0 Å². The molecule has 3 rings (SSSR count). The molecule has 0 aliphatic heterocycles. The van der Waals surface area contributed by atoms with Gasteiger partial charge >= 0.3 is 5.97 Å². The van der Waals surface area contributed by atoms with Crippen LogP contribution in [-0.4, -0.2) is 38.0 Å². The third-order valence-electron chi connectivity index (χ3n) is 3.47. The molecule has 0 aliphatic rings. The van der Waals surface area contributed by atoms with E-state index < -0.39 is 0 Å². The smallest absolute Gasteiger partial charge is 0.316 e. The zero-order chi connectivity index (χ0) is 16.4. The largest absolute Gasteiger partial charge is 0.468 e. The van der Waals surface area contributed by atoms with E-state index in [4.69, 9.17) is 0 Å². The molecular weight excluding hydrogens is 316 g/mol. The van der Waals surface area contributed by atoms with Gasteiger partial charge in [-0.2, -0.15) is 0 Å². The quantitative estimate of drug-likeness (QED) is 0.523. The van der Waals surface area contributed by atoms with Crippen molar-refractivity contribution in [1.82, 2.24) is 19.2 Å². The molecule has 2 aromatic heterocycles. The van der Waals surface area contributed by atoms with E-state index in [1.54, 1.807) is 10.6 Å². The van der Waals surface area contributed by atoms with E-state index >= 15 is 0 Å². The van der Waals surface area contributed by atoms with Crippen molar-refractivity contribution >= 4 is 34.4 Å². The van der Waals surface area contributed by atoms with Gasteiger partial charge in [-0.15, -0.1) is 10.2 Å². The number of fused-ring (bicyclic) bond motifs is 3. The zero-order valence-corrected chi connectivity index (χ0v) is 13.7. The summed E-state index contributed by atoms with van der Waals surface area (Å²) >= 11 is 1.24. The van der Waals surface area contributed by atoms with E-state index in [1.807, 2.05) is 29.5 Å². The summed E-state index contributed by atoms with van der Waals surface area (Å²) in [6.45, 7) is 2.56. The number of benzene rings is 1. The lowest BCUT2D eigenvalue weighted by molar-refractivity contribution is -0.137. The Morgan fingerprint density at radius 3 is 2.83 bits per heavy atom. The van der Waals surface area contributed by atoms with Gasteiger partial charge in [-0.05, 0) is 18.6 Å². The first kappa shape index (κ1) is 15.5. The lowest BCUT2D eigenvalue weighted by Gasteiger charge is -2.10. The second kappa shape index (κ2) is 6.41. The van der Waals surface area contributed by atoms with Crippen LogP contribution in [0.3, 0.4) is 0 Å². The highest BCUT2D eigenvalue weighted by molar-refractivity contribution is 7.99. The van der Waals surface area contributed by atoms with Crippen molar-refractivity contribution < 1.29 is 9.53 Å². The molecular formula is C15H16N4O3S. The fraction of sp³-hybridized carbons (Fsp3) is 0.333. The Kier molecular flexibility index (Phi) is 4.33. The van der Waals surface area contributed by atoms with Gasteiger partial charge in [0, 0.05) is 6.54 Å². The van der Waals surface area contributed by atoms with Crippen molar-refractivity contribution in [1.29, 1.82) is 0 Å². The Bertz CT molecular complexity index is 932. The molecule has 0 fully saturated rings. The summed E-state index contributed by atoms with van der Waals surface area (Å²) in [6, 6.07) is 7.33. The molecule has 120 valence electrons. The molecule has 0 aliphatic carbocycles. The van der Waals surface area contributed by atoms with Crippen LogP contribution >= 0.6 is 11.8 Å². The van der Waals surface area contributed by atoms with Crippen molar-refractivity contribution in [2.45, 2.75) is 25.0 Å². The third kappa shape index (κ3) is 2.70. The van der Waals surface area contributed by atoms with Gasteiger partial charge < -0.3 is 4.74 Å². The van der Waals surface area contributed by atoms with Crippen LogP contribution < -0.4 is 5.56 Å². The van der Waals surface area contributed by atoms with E-state index in [1.165, 1.54) is 18.9 Å². The minimum absolute atomic E-state index is 0.0770. The number of rotatable bonds is 5. The summed E-state index contributed by atoms with van der Waals surface area (Å²) in [5.74, 6) is 0.291. The second-order valence-electron chi connectivity index (χ2n) is 4.96. The van der Waals surface area contributed by atoms with Gasteiger partial charge in [0.15, 0.2) is 5.16 Å². The number of aromatic nitrogens is 4. The molecule has 0 spiro atoms. The molecule has 8 heteroatoms. The van der Waals surface area contributed by atoms with Gasteiger partial charge in [-0.25, -0.2) is 0 Å². The number of aryl methyl sites for hydroxylation is 1. The average molecular weight is 332 g/mol. The monoisotopic (exact) mass is 332 g/mol. The molecule has 23 heavy (non-hydrogen) atoms. The molecule has 0 radical (unpaired) electrons. The minimum atomic E-state index is -0.335. The van der Waals surface area contributed by atoms with E-state index in [-0.39, 0.29) is 17.3 Å². The number of nitrogens with zero attached hydrogens (tertiary/aromatic N) is 4. The summed E-state index contributed by atoms with van der Waals surface area (Å²) in [7, 11) is 1.35. The number of carbonyl (C=O) groups excluding carboxylic acids is 1. The number of ether oxygens (including phenoxy) is 1. The van der Waals surface area contributed by atoms with Gasteiger partial charge in [0.2, 0.25) is 5.78 Å². The van der Waals surface area contributed by atoms with Crippen LogP contribution in [-0.2, 0) is 16.1 Å². The first-order chi connectivity index (χ1) is 11.2. The summed E-state index contributed by atoms with van der Waals surface area (Å²) in [5.41, 5.74) is 0.657. The molecule has 0 amide bonds. The van der Waals surface area contributed by atoms with Crippen LogP contribution in [0.5, 0.6) is 0 Å². The highest BCUT2D eigenvalue weighted by Gasteiger charge is 2.17. The van der Waals surface area contributed by atoms with Crippen LogP contribution in [0.2, 0.25) is 0 Å². The highest BCUT2D eigenvalue weighted by atomic mass is 32.2.